The summed E-state index contributed by atoms with van der Waals surface area (Å²) in [4.78, 5) is 23.1. The van der Waals surface area contributed by atoms with E-state index in [0.29, 0.717) is 15.2 Å². The summed E-state index contributed by atoms with van der Waals surface area (Å²) in [5, 5.41) is 4.24. The highest BCUT2D eigenvalue weighted by atomic mass is 35.5. The lowest BCUT2D eigenvalue weighted by Crippen LogP contribution is -2.31. The van der Waals surface area contributed by atoms with Crippen molar-refractivity contribution in [2.75, 3.05) is 0 Å². The number of ketones is 1. The normalized spacial score (nSPS) is 11.7. The topological polar surface area (TPSA) is 56.9 Å². The van der Waals surface area contributed by atoms with Crippen molar-refractivity contribution in [3.8, 4) is 11.4 Å². The van der Waals surface area contributed by atoms with Gasteiger partial charge in [0.2, 0.25) is 0 Å². The van der Waals surface area contributed by atoms with Crippen molar-refractivity contribution in [3.05, 3.63) is 39.8 Å². The first-order chi connectivity index (χ1) is 10.2. The lowest BCUT2D eigenvalue weighted by molar-refractivity contribution is -0.140. The average molecular weight is 334 g/mol. The van der Waals surface area contributed by atoms with Crippen LogP contribution in [0.25, 0.3) is 11.4 Å². The fraction of sp³-hybridized carbons (Fsp3) is 0.308. The van der Waals surface area contributed by atoms with Crippen LogP contribution in [-0.2, 0) is 17.9 Å². The number of hydrogen-bond donors (Lipinski definition) is 0. The zero-order valence-corrected chi connectivity index (χ0v) is 12.1. The highest BCUT2D eigenvalue weighted by Gasteiger charge is 2.31. The Morgan fingerprint density at radius 3 is 2.36 bits per heavy atom. The highest BCUT2D eigenvalue weighted by molar-refractivity contribution is 6.30. The molecule has 1 aromatic heterocycles. The summed E-state index contributed by atoms with van der Waals surface area (Å²) in [5.74, 6) is -0.554. The molecule has 0 aliphatic rings. The molecule has 0 atom stereocenters. The second-order valence-electron chi connectivity index (χ2n) is 4.67. The standard InChI is InChI=1S/C13H11ClF3N3O2/c1-8(21)6-20-12(22)19(7-13(15,16)17)11(18-20)9-2-4-10(14)5-3-9/h2-5H,6-7H2,1H3. The maximum Gasteiger partial charge on any atom is 0.406 e. The summed E-state index contributed by atoms with van der Waals surface area (Å²) in [6, 6.07) is 5.86. The van der Waals surface area contributed by atoms with Crippen LogP contribution in [0.3, 0.4) is 0 Å². The van der Waals surface area contributed by atoms with Crippen LogP contribution in [0.15, 0.2) is 29.1 Å². The molecule has 2 aromatic rings. The molecule has 9 heteroatoms. The smallest absolute Gasteiger partial charge is 0.298 e. The van der Waals surface area contributed by atoms with E-state index in [9.17, 15) is 22.8 Å². The molecule has 1 heterocycles. The van der Waals surface area contributed by atoms with Gasteiger partial charge in [-0.2, -0.15) is 13.2 Å². The zero-order chi connectivity index (χ0) is 16.5. The third kappa shape index (κ3) is 3.76. The number of benzene rings is 1. The molecule has 0 aliphatic heterocycles. The molecule has 5 nitrogen and oxygen atoms in total. The molecule has 2 rings (SSSR count). The second-order valence-corrected chi connectivity index (χ2v) is 5.11. The van der Waals surface area contributed by atoms with E-state index in [2.05, 4.69) is 5.10 Å². The van der Waals surface area contributed by atoms with Gasteiger partial charge >= 0.3 is 11.9 Å². The summed E-state index contributed by atoms with van der Waals surface area (Å²) < 4.78 is 39.2. The van der Waals surface area contributed by atoms with E-state index in [-0.39, 0.29) is 18.2 Å². The summed E-state index contributed by atoms with van der Waals surface area (Å²) >= 11 is 5.73. The van der Waals surface area contributed by atoms with Gasteiger partial charge in [0.25, 0.3) is 0 Å². The van der Waals surface area contributed by atoms with Gasteiger partial charge in [0.15, 0.2) is 11.6 Å². The minimum absolute atomic E-state index is 0.166. The molecule has 0 spiro atoms. The molecule has 0 saturated carbocycles. The van der Waals surface area contributed by atoms with Gasteiger partial charge in [0.05, 0.1) is 0 Å². The van der Waals surface area contributed by atoms with Crippen molar-refractivity contribution in [2.45, 2.75) is 26.2 Å². The van der Waals surface area contributed by atoms with Gasteiger partial charge in [-0.25, -0.2) is 9.48 Å². The highest BCUT2D eigenvalue weighted by Crippen LogP contribution is 2.23. The Bertz CT molecular complexity index is 747. The second kappa shape index (κ2) is 5.96. The SMILES string of the molecule is CC(=O)Cn1nc(-c2ccc(Cl)cc2)n(CC(F)(F)F)c1=O. The van der Waals surface area contributed by atoms with E-state index in [0.717, 1.165) is 4.68 Å². The van der Waals surface area contributed by atoms with Crippen molar-refractivity contribution in [3.63, 3.8) is 0 Å². The number of alkyl halides is 3. The van der Waals surface area contributed by atoms with E-state index in [4.69, 9.17) is 11.6 Å². The fourth-order valence-electron chi connectivity index (χ4n) is 1.89. The van der Waals surface area contributed by atoms with Crippen LogP contribution in [0.2, 0.25) is 5.02 Å². The monoisotopic (exact) mass is 333 g/mol. The van der Waals surface area contributed by atoms with Gasteiger partial charge in [0, 0.05) is 10.6 Å². The molecule has 1 aromatic carbocycles. The quantitative estimate of drug-likeness (QED) is 0.864. The van der Waals surface area contributed by atoms with Crippen molar-refractivity contribution in [1.82, 2.24) is 14.3 Å². The minimum atomic E-state index is -4.59. The molecular weight excluding hydrogens is 323 g/mol. The van der Waals surface area contributed by atoms with E-state index in [1.807, 2.05) is 0 Å². The Kier molecular flexibility index (Phi) is 4.41. The Balaban J connectivity index is 2.57. The molecule has 0 radical (unpaired) electrons. The van der Waals surface area contributed by atoms with Crippen molar-refractivity contribution >= 4 is 17.4 Å². The van der Waals surface area contributed by atoms with Crippen LogP contribution in [0.5, 0.6) is 0 Å². The van der Waals surface area contributed by atoms with E-state index in [1.165, 1.54) is 31.2 Å². The number of rotatable bonds is 4. The number of aromatic nitrogens is 3. The molecule has 0 bridgehead atoms. The number of carbonyl (C=O) groups excluding carboxylic acids is 1. The summed E-state index contributed by atoms with van der Waals surface area (Å²) in [6.45, 7) is -0.650. The number of hydrogen-bond acceptors (Lipinski definition) is 3. The van der Waals surface area contributed by atoms with Crippen LogP contribution in [0.4, 0.5) is 13.2 Å². The first kappa shape index (κ1) is 16.3. The third-order valence-corrected chi connectivity index (χ3v) is 2.99. The molecule has 0 amide bonds. The van der Waals surface area contributed by atoms with Gasteiger partial charge in [-0.15, -0.1) is 5.10 Å². The third-order valence-electron chi connectivity index (χ3n) is 2.74. The first-order valence-electron chi connectivity index (χ1n) is 6.17. The van der Waals surface area contributed by atoms with Gasteiger partial charge in [-0.3, -0.25) is 9.36 Å². The summed E-state index contributed by atoms with van der Waals surface area (Å²) in [6.07, 6.45) is -4.59. The van der Waals surface area contributed by atoms with Crippen LogP contribution in [0.1, 0.15) is 6.92 Å². The molecule has 0 N–H and O–H groups in total. The Labute approximate surface area is 127 Å². The van der Waals surface area contributed by atoms with Crippen molar-refractivity contribution in [2.24, 2.45) is 0 Å². The predicted octanol–water partition coefficient (Wildman–Crippen LogP) is 2.52. The summed E-state index contributed by atoms with van der Waals surface area (Å²) in [5.41, 5.74) is -0.689. The minimum Gasteiger partial charge on any atom is -0.298 e. The van der Waals surface area contributed by atoms with Crippen LogP contribution >= 0.6 is 11.6 Å². The van der Waals surface area contributed by atoms with Gasteiger partial charge < -0.3 is 0 Å². The summed E-state index contributed by atoms with van der Waals surface area (Å²) in [7, 11) is 0. The largest absolute Gasteiger partial charge is 0.406 e. The Hall–Kier alpha value is -2.09. The number of nitrogens with zero attached hydrogens (tertiary/aromatic N) is 3. The van der Waals surface area contributed by atoms with E-state index < -0.39 is 18.4 Å². The molecule has 22 heavy (non-hydrogen) atoms. The first-order valence-corrected chi connectivity index (χ1v) is 6.55. The zero-order valence-electron chi connectivity index (χ0n) is 11.4. The predicted molar refractivity (Wildman–Crippen MR) is 73.7 cm³/mol. The van der Waals surface area contributed by atoms with Gasteiger partial charge in [-0.05, 0) is 31.2 Å². The number of Topliss-reactive ketones (excluding diaryl/α,β-unsaturated/α-hetero) is 1. The van der Waals surface area contributed by atoms with E-state index in [1.54, 1.807) is 0 Å². The average Bonchev–Trinajstić information content (AvgIpc) is 2.66. The lowest BCUT2D eigenvalue weighted by atomic mass is 10.2. The number of carbonyl (C=O) groups is 1. The molecule has 0 fully saturated rings. The Morgan fingerprint density at radius 2 is 1.86 bits per heavy atom. The van der Waals surface area contributed by atoms with Gasteiger partial charge in [0.1, 0.15) is 13.1 Å². The van der Waals surface area contributed by atoms with Gasteiger partial charge in [-0.1, -0.05) is 11.6 Å². The van der Waals surface area contributed by atoms with Crippen LogP contribution in [-0.4, -0.2) is 26.3 Å². The van der Waals surface area contributed by atoms with Crippen LogP contribution < -0.4 is 5.69 Å². The van der Waals surface area contributed by atoms with E-state index >= 15 is 0 Å². The number of halogens is 4. The molecule has 0 aliphatic carbocycles. The van der Waals surface area contributed by atoms with Crippen molar-refractivity contribution < 1.29 is 18.0 Å². The molecule has 0 unspecified atom stereocenters. The Morgan fingerprint density at radius 1 is 1.27 bits per heavy atom. The molecule has 118 valence electrons. The van der Waals surface area contributed by atoms with Crippen LogP contribution in [0, 0.1) is 0 Å². The van der Waals surface area contributed by atoms with Crippen molar-refractivity contribution in [1.29, 1.82) is 0 Å². The molecule has 0 saturated heterocycles. The maximum atomic E-state index is 12.7. The fourth-order valence-corrected chi connectivity index (χ4v) is 2.02. The maximum absolute atomic E-state index is 12.7. The molecular formula is C13H11ClF3N3O2. The lowest BCUT2D eigenvalue weighted by Gasteiger charge is -2.08.